The Morgan fingerprint density at radius 1 is 0.689 bits per heavy atom. The summed E-state index contributed by atoms with van der Waals surface area (Å²) in [5.41, 5.74) is 15.4. The smallest absolute Gasteiger partial charge is 0.243 e. The third kappa shape index (κ3) is 7.85. The Balaban J connectivity index is 1.37. The molecule has 0 aliphatic carbocycles. The van der Waals surface area contributed by atoms with Crippen molar-refractivity contribution in [3.63, 3.8) is 0 Å². The molecule has 230 valence electrons. The minimum absolute atomic E-state index is 0.110. The van der Waals surface area contributed by atoms with E-state index in [-0.39, 0.29) is 25.2 Å². The summed E-state index contributed by atoms with van der Waals surface area (Å²) in [6.07, 6.45) is 2.26. The van der Waals surface area contributed by atoms with Crippen LogP contribution in [0.15, 0.2) is 97.2 Å². The number of H-pyrrole nitrogens is 1. The van der Waals surface area contributed by atoms with Gasteiger partial charge in [-0.1, -0.05) is 72.8 Å². The predicted octanol–water partition coefficient (Wildman–Crippen LogP) is 2.89. The molecule has 10 nitrogen and oxygen atoms in total. The average Bonchev–Trinajstić information content (AvgIpc) is 3.43. The Bertz CT molecular complexity index is 1850. The van der Waals surface area contributed by atoms with E-state index >= 15 is 0 Å². The Kier molecular flexibility index (Phi) is 9.43. The monoisotopic (exact) mass is 604 g/mol. The van der Waals surface area contributed by atoms with E-state index in [0.717, 1.165) is 38.4 Å². The van der Waals surface area contributed by atoms with Crippen LogP contribution in [0, 0.1) is 0 Å². The standard InChI is InChI=1S/C35H36N6O4/c1-21(42)39-31(18-23-10-13-24-6-2-3-7-25(24)16-23)34(44)41-32(17-22-11-14-27(36)15-12-22)35(45)40-30(33(37)43)19-26-20-38-29-9-5-4-8-28(26)29/h2-16,20,30-32,38H,17-19,36H2,1H3,(H2,37,43)(H,39,42)(H,40,45)(H,41,44)/t30-,31-,32-/m0/s1. The lowest BCUT2D eigenvalue weighted by Gasteiger charge is -2.25. The first-order chi connectivity index (χ1) is 21.7. The van der Waals surface area contributed by atoms with Crippen molar-refractivity contribution in [2.24, 2.45) is 5.73 Å². The molecule has 45 heavy (non-hydrogen) atoms. The zero-order valence-corrected chi connectivity index (χ0v) is 24.9. The molecular weight excluding hydrogens is 568 g/mol. The first-order valence-corrected chi connectivity index (χ1v) is 14.7. The molecule has 10 heteroatoms. The van der Waals surface area contributed by atoms with E-state index < -0.39 is 35.8 Å². The second kappa shape index (κ2) is 13.8. The fraction of sp³-hybridized carbons (Fsp3) is 0.200. The zero-order valence-electron chi connectivity index (χ0n) is 24.9. The number of nitrogens with one attached hydrogen (secondary N) is 4. The number of carbonyl (C=O) groups excluding carboxylic acids is 4. The maximum atomic E-state index is 13.8. The van der Waals surface area contributed by atoms with Crippen LogP contribution in [-0.4, -0.2) is 46.7 Å². The van der Waals surface area contributed by atoms with E-state index in [9.17, 15) is 19.2 Å². The summed E-state index contributed by atoms with van der Waals surface area (Å²) < 4.78 is 0. The van der Waals surface area contributed by atoms with Crippen molar-refractivity contribution < 1.29 is 19.2 Å². The Hall–Kier alpha value is -5.64. The van der Waals surface area contributed by atoms with E-state index in [2.05, 4.69) is 20.9 Å². The van der Waals surface area contributed by atoms with Gasteiger partial charge in [0.1, 0.15) is 18.1 Å². The maximum Gasteiger partial charge on any atom is 0.243 e. The van der Waals surface area contributed by atoms with Crippen LogP contribution in [0.1, 0.15) is 23.6 Å². The molecular formula is C35H36N6O4. The molecule has 0 aliphatic heterocycles. The molecule has 5 aromatic rings. The molecule has 0 spiro atoms. The average molecular weight is 605 g/mol. The van der Waals surface area contributed by atoms with Crippen LogP contribution in [0.3, 0.4) is 0 Å². The van der Waals surface area contributed by atoms with E-state index in [1.807, 2.05) is 66.7 Å². The molecule has 0 fully saturated rings. The van der Waals surface area contributed by atoms with Crippen molar-refractivity contribution in [3.8, 4) is 0 Å². The summed E-state index contributed by atoms with van der Waals surface area (Å²) in [5, 5.41) is 11.3. The number of carbonyl (C=O) groups is 4. The second-order valence-electron chi connectivity index (χ2n) is 11.2. The molecule has 0 saturated carbocycles. The fourth-order valence-corrected chi connectivity index (χ4v) is 5.44. The third-order valence-corrected chi connectivity index (χ3v) is 7.76. The van der Waals surface area contributed by atoms with E-state index in [4.69, 9.17) is 11.5 Å². The highest BCUT2D eigenvalue weighted by atomic mass is 16.2. The molecule has 3 atom stereocenters. The van der Waals surface area contributed by atoms with Crippen LogP contribution < -0.4 is 27.4 Å². The number of nitrogen functional groups attached to an aromatic ring is 1. The van der Waals surface area contributed by atoms with Crippen molar-refractivity contribution in [2.75, 3.05) is 5.73 Å². The largest absolute Gasteiger partial charge is 0.399 e. The minimum atomic E-state index is -1.08. The Morgan fingerprint density at radius 2 is 1.29 bits per heavy atom. The maximum absolute atomic E-state index is 13.8. The summed E-state index contributed by atoms with van der Waals surface area (Å²) in [7, 11) is 0. The van der Waals surface area contributed by atoms with Crippen molar-refractivity contribution in [1.29, 1.82) is 0 Å². The zero-order chi connectivity index (χ0) is 31.9. The molecule has 0 saturated heterocycles. The van der Waals surface area contributed by atoms with Gasteiger partial charge in [-0.25, -0.2) is 0 Å². The number of para-hydroxylation sites is 1. The van der Waals surface area contributed by atoms with Crippen LogP contribution in [0.2, 0.25) is 0 Å². The Morgan fingerprint density at radius 3 is 2.00 bits per heavy atom. The van der Waals surface area contributed by atoms with Gasteiger partial charge in [0.05, 0.1) is 0 Å². The molecule has 4 amide bonds. The summed E-state index contributed by atoms with van der Waals surface area (Å²) in [6.45, 7) is 1.33. The van der Waals surface area contributed by atoms with E-state index in [0.29, 0.717) is 5.69 Å². The highest BCUT2D eigenvalue weighted by molar-refractivity contribution is 5.95. The number of amides is 4. The van der Waals surface area contributed by atoms with Gasteiger partial charge in [-0.3, -0.25) is 19.2 Å². The number of fused-ring (bicyclic) bond motifs is 2. The summed E-state index contributed by atoms with van der Waals surface area (Å²) in [6, 6.07) is 25.2. The molecule has 4 aromatic carbocycles. The molecule has 0 bridgehead atoms. The van der Waals surface area contributed by atoms with Gasteiger partial charge >= 0.3 is 0 Å². The first kappa shape index (κ1) is 30.8. The third-order valence-electron chi connectivity index (χ3n) is 7.76. The van der Waals surface area contributed by atoms with Crippen LogP contribution in [0.4, 0.5) is 5.69 Å². The van der Waals surface area contributed by atoms with Crippen molar-refractivity contribution >= 4 is 51.0 Å². The Labute approximate surface area is 260 Å². The number of aromatic nitrogens is 1. The van der Waals surface area contributed by atoms with Gasteiger partial charge in [0.2, 0.25) is 23.6 Å². The number of nitrogens with two attached hydrogens (primary N) is 2. The molecule has 1 heterocycles. The van der Waals surface area contributed by atoms with Gasteiger partial charge < -0.3 is 32.4 Å². The molecule has 0 unspecified atom stereocenters. The number of hydrogen-bond acceptors (Lipinski definition) is 5. The van der Waals surface area contributed by atoms with Gasteiger partial charge in [0.15, 0.2) is 0 Å². The number of anilines is 1. The number of hydrogen-bond donors (Lipinski definition) is 6. The fourth-order valence-electron chi connectivity index (χ4n) is 5.44. The number of rotatable bonds is 12. The summed E-state index contributed by atoms with van der Waals surface area (Å²) in [5.74, 6) is -2.22. The predicted molar refractivity (Wildman–Crippen MR) is 175 cm³/mol. The molecule has 8 N–H and O–H groups in total. The molecule has 0 radical (unpaired) electrons. The second-order valence-corrected chi connectivity index (χ2v) is 11.2. The van der Waals surface area contributed by atoms with E-state index in [1.165, 1.54) is 6.92 Å². The van der Waals surface area contributed by atoms with E-state index in [1.54, 1.807) is 30.5 Å². The lowest BCUT2D eigenvalue weighted by atomic mass is 9.99. The highest BCUT2D eigenvalue weighted by Crippen LogP contribution is 2.20. The summed E-state index contributed by atoms with van der Waals surface area (Å²) in [4.78, 5) is 55.3. The quantitative estimate of drug-likeness (QED) is 0.120. The number of benzene rings is 4. The van der Waals surface area contributed by atoms with Crippen LogP contribution in [0.5, 0.6) is 0 Å². The van der Waals surface area contributed by atoms with Gasteiger partial charge in [0.25, 0.3) is 0 Å². The number of primary amides is 1. The first-order valence-electron chi connectivity index (χ1n) is 14.7. The van der Waals surface area contributed by atoms with Gasteiger partial charge in [-0.15, -0.1) is 0 Å². The molecule has 5 rings (SSSR count). The van der Waals surface area contributed by atoms with Crippen LogP contribution >= 0.6 is 0 Å². The molecule has 0 aliphatic rings. The van der Waals surface area contributed by atoms with Gasteiger partial charge in [-0.05, 0) is 45.7 Å². The number of aromatic amines is 1. The van der Waals surface area contributed by atoms with Crippen LogP contribution in [0.25, 0.3) is 21.7 Å². The van der Waals surface area contributed by atoms with Crippen molar-refractivity contribution in [3.05, 3.63) is 114 Å². The summed E-state index contributed by atoms with van der Waals surface area (Å²) >= 11 is 0. The SMILES string of the molecule is CC(=O)N[C@@H](Cc1ccc2ccccc2c1)C(=O)N[C@@H](Cc1ccc(N)cc1)C(=O)N[C@@H](Cc1c[nH]c2ccccc12)C(N)=O. The van der Waals surface area contributed by atoms with Gasteiger partial charge in [-0.2, -0.15) is 0 Å². The minimum Gasteiger partial charge on any atom is -0.399 e. The topological polar surface area (TPSA) is 172 Å². The molecule has 1 aromatic heterocycles. The lowest BCUT2D eigenvalue weighted by molar-refractivity contribution is -0.133. The lowest BCUT2D eigenvalue weighted by Crippen LogP contribution is -2.57. The normalized spacial score (nSPS) is 13.1. The highest BCUT2D eigenvalue weighted by Gasteiger charge is 2.30. The van der Waals surface area contributed by atoms with Gasteiger partial charge in [0, 0.05) is 49.0 Å². The van der Waals surface area contributed by atoms with Crippen LogP contribution in [-0.2, 0) is 38.4 Å². The van der Waals surface area contributed by atoms with Crippen molar-refractivity contribution in [1.82, 2.24) is 20.9 Å². The van der Waals surface area contributed by atoms with Crippen molar-refractivity contribution in [2.45, 2.75) is 44.3 Å².